The highest BCUT2D eigenvalue weighted by Crippen LogP contribution is 2.12. The van der Waals surface area contributed by atoms with E-state index in [0.717, 1.165) is 0 Å². The predicted octanol–water partition coefficient (Wildman–Crippen LogP) is 1.95. The zero-order chi connectivity index (χ0) is 15.5. The normalized spacial score (nSPS) is 12.0. The van der Waals surface area contributed by atoms with Crippen molar-refractivity contribution in [1.29, 1.82) is 0 Å². The van der Waals surface area contributed by atoms with Crippen LogP contribution in [0.2, 0.25) is 0 Å². The average Bonchev–Trinajstić information content (AvgIpc) is 2.88. The van der Waals surface area contributed by atoms with E-state index in [2.05, 4.69) is 14.9 Å². The summed E-state index contributed by atoms with van der Waals surface area (Å²) in [6, 6.07) is 5.30. The third kappa shape index (κ3) is 4.61. The molecular formula is C13H16FN3O3S. The van der Waals surface area contributed by atoms with E-state index in [0.29, 0.717) is 11.5 Å². The summed E-state index contributed by atoms with van der Waals surface area (Å²) in [5, 5.41) is 7.58. The summed E-state index contributed by atoms with van der Waals surface area (Å²) in [5.41, 5.74) is 0.497. The summed E-state index contributed by atoms with van der Waals surface area (Å²) in [6.45, 7) is 3.73. The Hall–Kier alpha value is -1.80. The van der Waals surface area contributed by atoms with Gasteiger partial charge in [0.2, 0.25) is 21.8 Å². The zero-order valence-electron chi connectivity index (χ0n) is 11.7. The van der Waals surface area contributed by atoms with E-state index in [4.69, 9.17) is 4.42 Å². The Morgan fingerprint density at radius 3 is 2.48 bits per heavy atom. The molecule has 1 heterocycles. The van der Waals surface area contributed by atoms with E-state index in [-0.39, 0.29) is 24.1 Å². The summed E-state index contributed by atoms with van der Waals surface area (Å²) in [6.07, 6.45) is 0. The van der Waals surface area contributed by atoms with E-state index in [1.165, 1.54) is 24.3 Å². The van der Waals surface area contributed by atoms with Crippen molar-refractivity contribution in [2.24, 2.45) is 0 Å². The molecule has 0 bridgehead atoms. The highest BCUT2D eigenvalue weighted by Gasteiger charge is 2.15. The fourth-order valence-corrected chi connectivity index (χ4v) is 2.67. The van der Waals surface area contributed by atoms with Gasteiger partial charge in [-0.25, -0.2) is 17.5 Å². The number of aromatic nitrogens is 2. The molecule has 6 nitrogen and oxygen atoms in total. The van der Waals surface area contributed by atoms with Gasteiger partial charge in [0, 0.05) is 5.92 Å². The van der Waals surface area contributed by atoms with Gasteiger partial charge in [-0.2, -0.15) is 0 Å². The molecular weight excluding hydrogens is 297 g/mol. The molecule has 0 saturated carbocycles. The van der Waals surface area contributed by atoms with E-state index >= 15 is 0 Å². The molecule has 1 N–H and O–H groups in total. The molecule has 0 aliphatic carbocycles. The van der Waals surface area contributed by atoms with Crippen LogP contribution < -0.4 is 4.72 Å². The lowest BCUT2D eigenvalue weighted by molar-refractivity contribution is 0.427. The van der Waals surface area contributed by atoms with Crippen LogP contribution in [0.15, 0.2) is 28.7 Å². The molecule has 0 spiro atoms. The lowest BCUT2D eigenvalue weighted by Crippen LogP contribution is -2.24. The van der Waals surface area contributed by atoms with Crippen molar-refractivity contribution in [3.63, 3.8) is 0 Å². The first-order chi connectivity index (χ1) is 9.85. The molecule has 0 amide bonds. The Labute approximate surface area is 122 Å². The highest BCUT2D eigenvalue weighted by atomic mass is 32.2. The third-order valence-electron chi connectivity index (χ3n) is 2.69. The summed E-state index contributed by atoms with van der Waals surface area (Å²) >= 11 is 0. The molecule has 114 valence electrons. The highest BCUT2D eigenvalue weighted by molar-refractivity contribution is 7.88. The average molecular weight is 313 g/mol. The molecule has 8 heteroatoms. The Morgan fingerprint density at radius 2 is 1.90 bits per heavy atom. The minimum Gasteiger partial charge on any atom is -0.424 e. The van der Waals surface area contributed by atoms with Crippen LogP contribution in [0.4, 0.5) is 4.39 Å². The molecule has 0 radical (unpaired) electrons. The van der Waals surface area contributed by atoms with Gasteiger partial charge in [-0.05, 0) is 17.7 Å². The number of nitrogens with one attached hydrogen (secondary N) is 1. The van der Waals surface area contributed by atoms with Crippen LogP contribution in [-0.2, 0) is 22.3 Å². The summed E-state index contributed by atoms with van der Waals surface area (Å²) in [4.78, 5) is 0. The second-order valence-electron chi connectivity index (χ2n) is 4.90. The second-order valence-corrected chi connectivity index (χ2v) is 6.70. The topological polar surface area (TPSA) is 85.1 Å². The third-order valence-corrected chi connectivity index (χ3v) is 3.99. The standard InChI is InChI=1S/C13H16FN3O3S/c1-9(2)13-17-16-12(20-13)7-15-21(18,19)8-10-3-5-11(14)6-4-10/h3-6,9,15H,7-8H2,1-2H3. The van der Waals surface area contributed by atoms with Crippen LogP contribution in [0.3, 0.4) is 0 Å². The van der Waals surface area contributed by atoms with Crippen molar-refractivity contribution < 1.29 is 17.2 Å². The van der Waals surface area contributed by atoms with Gasteiger partial charge in [0.25, 0.3) is 0 Å². The maximum absolute atomic E-state index is 12.8. The quantitative estimate of drug-likeness (QED) is 0.881. The van der Waals surface area contributed by atoms with Crippen molar-refractivity contribution in [2.75, 3.05) is 0 Å². The minimum atomic E-state index is -3.56. The maximum atomic E-state index is 12.8. The second kappa shape index (κ2) is 6.31. The van der Waals surface area contributed by atoms with Crippen molar-refractivity contribution in [3.05, 3.63) is 47.4 Å². The molecule has 0 aliphatic rings. The molecule has 1 aromatic heterocycles. The molecule has 0 aliphatic heterocycles. The van der Waals surface area contributed by atoms with Crippen molar-refractivity contribution in [2.45, 2.75) is 32.1 Å². The van der Waals surface area contributed by atoms with Gasteiger partial charge in [-0.15, -0.1) is 10.2 Å². The van der Waals surface area contributed by atoms with Gasteiger partial charge >= 0.3 is 0 Å². The molecule has 2 aromatic rings. The molecule has 0 fully saturated rings. The zero-order valence-corrected chi connectivity index (χ0v) is 12.5. The monoisotopic (exact) mass is 313 g/mol. The largest absolute Gasteiger partial charge is 0.424 e. The van der Waals surface area contributed by atoms with E-state index in [1.54, 1.807) is 0 Å². The molecule has 1 aromatic carbocycles. The number of rotatable bonds is 6. The van der Waals surface area contributed by atoms with E-state index < -0.39 is 15.8 Å². The van der Waals surface area contributed by atoms with Gasteiger partial charge in [0.05, 0.1) is 12.3 Å². The lowest BCUT2D eigenvalue weighted by atomic mass is 10.2. The molecule has 21 heavy (non-hydrogen) atoms. The first kappa shape index (κ1) is 15.6. The van der Waals surface area contributed by atoms with Crippen LogP contribution in [0.25, 0.3) is 0 Å². The Morgan fingerprint density at radius 1 is 1.24 bits per heavy atom. The molecule has 0 atom stereocenters. The van der Waals surface area contributed by atoms with Crippen LogP contribution in [-0.4, -0.2) is 18.6 Å². The SMILES string of the molecule is CC(C)c1nnc(CNS(=O)(=O)Cc2ccc(F)cc2)o1. The van der Waals surface area contributed by atoms with Gasteiger partial charge in [0.1, 0.15) is 5.82 Å². The van der Waals surface area contributed by atoms with Crippen molar-refractivity contribution in [3.8, 4) is 0 Å². The van der Waals surface area contributed by atoms with Crippen molar-refractivity contribution >= 4 is 10.0 Å². The number of benzene rings is 1. The van der Waals surface area contributed by atoms with Gasteiger partial charge in [-0.1, -0.05) is 26.0 Å². The molecule has 2 rings (SSSR count). The minimum absolute atomic E-state index is 0.0662. The van der Waals surface area contributed by atoms with Crippen LogP contribution in [0.5, 0.6) is 0 Å². The predicted molar refractivity (Wildman–Crippen MR) is 74.3 cm³/mol. The van der Waals surface area contributed by atoms with E-state index in [9.17, 15) is 12.8 Å². The smallest absolute Gasteiger partial charge is 0.231 e. The molecule has 0 saturated heterocycles. The number of hydrogen-bond acceptors (Lipinski definition) is 5. The lowest BCUT2D eigenvalue weighted by Gasteiger charge is -2.04. The summed E-state index contributed by atoms with van der Waals surface area (Å²) in [5.74, 6) is 0.112. The fourth-order valence-electron chi connectivity index (χ4n) is 1.59. The van der Waals surface area contributed by atoms with Gasteiger partial charge < -0.3 is 4.42 Å². The Balaban J connectivity index is 1.95. The number of sulfonamides is 1. The Bertz CT molecular complexity index is 696. The van der Waals surface area contributed by atoms with Crippen LogP contribution in [0, 0.1) is 5.82 Å². The first-order valence-electron chi connectivity index (χ1n) is 6.40. The summed E-state index contributed by atoms with van der Waals surface area (Å²) in [7, 11) is -3.56. The number of halogens is 1. The molecule has 0 unspecified atom stereocenters. The van der Waals surface area contributed by atoms with Gasteiger partial charge in [0.15, 0.2) is 0 Å². The maximum Gasteiger partial charge on any atom is 0.231 e. The summed E-state index contributed by atoms with van der Waals surface area (Å²) < 4.78 is 44.3. The number of nitrogens with zero attached hydrogens (tertiary/aromatic N) is 2. The van der Waals surface area contributed by atoms with Crippen molar-refractivity contribution in [1.82, 2.24) is 14.9 Å². The van der Waals surface area contributed by atoms with E-state index in [1.807, 2.05) is 13.8 Å². The fraction of sp³-hybridized carbons (Fsp3) is 0.385. The number of hydrogen-bond donors (Lipinski definition) is 1. The Kier molecular flexibility index (Phi) is 4.69. The van der Waals surface area contributed by atoms with Crippen LogP contribution >= 0.6 is 0 Å². The van der Waals surface area contributed by atoms with Crippen LogP contribution in [0.1, 0.15) is 37.1 Å². The first-order valence-corrected chi connectivity index (χ1v) is 8.05. The van der Waals surface area contributed by atoms with Gasteiger partial charge in [-0.3, -0.25) is 0 Å².